The molecule has 7 nitrogen and oxygen atoms in total. The van der Waals surface area contributed by atoms with E-state index in [1.807, 2.05) is 6.92 Å². The Bertz CT molecular complexity index is 340. The molecule has 0 bridgehead atoms. The van der Waals surface area contributed by atoms with E-state index in [1.54, 1.807) is 13.2 Å². The van der Waals surface area contributed by atoms with Gasteiger partial charge in [0.05, 0.1) is 6.10 Å². The van der Waals surface area contributed by atoms with Gasteiger partial charge in [-0.3, -0.25) is 4.79 Å². The number of carbonyl (C=O) groups excluding carboxylic acids is 1. The van der Waals surface area contributed by atoms with Gasteiger partial charge in [-0.2, -0.15) is 0 Å². The largest absolute Gasteiger partial charge is 0.380 e. The Balaban J connectivity index is 2.52. The number of ether oxygens (including phenoxy) is 1. The number of nitrogens with zero attached hydrogens (tertiary/aromatic N) is 2. The number of anilines is 1. The minimum absolute atomic E-state index is 0.0399. The molecule has 1 aromatic rings. The van der Waals surface area contributed by atoms with Gasteiger partial charge in [0.1, 0.15) is 0 Å². The third-order valence-electron chi connectivity index (χ3n) is 2.00. The Morgan fingerprint density at radius 2 is 2.31 bits per heavy atom. The van der Waals surface area contributed by atoms with Gasteiger partial charge in [-0.25, -0.2) is 5.84 Å². The van der Waals surface area contributed by atoms with E-state index in [0.29, 0.717) is 12.4 Å². The number of methoxy groups -OCH3 is 1. The molecule has 1 atom stereocenters. The number of aromatic nitrogens is 2. The van der Waals surface area contributed by atoms with Gasteiger partial charge < -0.3 is 15.5 Å². The zero-order chi connectivity index (χ0) is 12.0. The maximum atomic E-state index is 11.5. The van der Waals surface area contributed by atoms with E-state index in [1.165, 1.54) is 6.07 Å². The van der Waals surface area contributed by atoms with E-state index in [9.17, 15) is 4.79 Å². The fourth-order valence-electron chi connectivity index (χ4n) is 0.941. The topological polar surface area (TPSA) is 102 Å². The molecule has 1 unspecified atom stereocenters. The first-order valence-corrected chi connectivity index (χ1v) is 4.78. The molecule has 0 aliphatic heterocycles. The van der Waals surface area contributed by atoms with Gasteiger partial charge >= 0.3 is 0 Å². The molecular weight excluding hydrogens is 210 g/mol. The summed E-state index contributed by atoms with van der Waals surface area (Å²) in [6.07, 6.45) is -0.0399. The first kappa shape index (κ1) is 12.3. The predicted molar refractivity (Wildman–Crippen MR) is 58.6 cm³/mol. The Kier molecular flexibility index (Phi) is 4.62. The molecule has 0 aliphatic rings. The van der Waals surface area contributed by atoms with Crippen molar-refractivity contribution in [2.24, 2.45) is 5.84 Å². The van der Waals surface area contributed by atoms with Crippen LogP contribution in [-0.2, 0) is 4.74 Å². The highest BCUT2D eigenvalue weighted by molar-refractivity contribution is 5.92. The monoisotopic (exact) mass is 225 g/mol. The third-order valence-corrected chi connectivity index (χ3v) is 2.00. The quantitative estimate of drug-likeness (QED) is 0.462. The molecule has 0 aromatic carbocycles. The average Bonchev–Trinajstić information content (AvgIpc) is 2.35. The summed E-state index contributed by atoms with van der Waals surface area (Å²) in [6, 6.07) is 3.11. The molecule has 1 heterocycles. The van der Waals surface area contributed by atoms with Crippen LogP contribution in [0.1, 0.15) is 17.4 Å². The number of hydrogen-bond donors (Lipinski definition) is 3. The zero-order valence-electron chi connectivity index (χ0n) is 9.23. The summed E-state index contributed by atoms with van der Waals surface area (Å²) in [5, 5.41) is 10.1. The minimum atomic E-state index is -0.292. The summed E-state index contributed by atoms with van der Waals surface area (Å²) >= 11 is 0. The van der Waals surface area contributed by atoms with Crippen molar-refractivity contribution in [1.29, 1.82) is 0 Å². The Morgan fingerprint density at radius 1 is 1.56 bits per heavy atom. The number of nitrogens with two attached hydrogens (primary N) is 1. The molecule has 0 aliphatic carbocycles. The number of rotatable bonds is 5. The average molecular weight is 225 g/mol. The maximum Gasteiger partial charge on any atom is 0.271 e. The van der Waals surface area contributed by atoms with E-state index in [-0.39, 0.29) is 17.7 Å². The van der Waals surface area contributed by atoms with Crippen LogP contribution < -0.4 is 16.6 Å². The van der Waals surface area contributed by atoms with Gasteiger partial charge in [0.25, 0.3) is 5.91 Å². The van der Waals surface area contributed by atoms with Gasteiger partial charge in [-0.15, -0.1) is 10.2 Å². The van der Waals surface area contributed by atoms with E-state index < -0.39 is 0 Å². The second kappa shape index (κ2) is 5.99. The lowest BCUT2D eigenvalue weighted by molar-refractivity contribution is 0.0865. The first-order chi connectivity index (χ1) is 7.67. The number of hydrazine groups is 1. The number of hydrogen-bond acceptors (Lipinski definition) is 6. The lowest BCUT2D eigenvalue weighted by atomic mass is 10.3. The highest BCUT2D eigenvalue weighted by Gasteiger charge is 2.09. The molecule has 1 amide bonds. The molecule has 4 N–H and O–H groups in total. The van der Waals surface area contributed by atoms with Crippen molar-refractivity contribution in [3.05, 3.63) is 17.8 Å². The molecule has 1 rings (SSSR count). The summed E-state index contributed by atoms with van der Waals surface area (Å²) in [5.41, 5.74) is 2.57. The van der Waals surface area contributed by atoms with Crippen molar-refractivity contribution in [1.82, 2.24) is 15.5 Å². The van der Waals surface area contributed by atoms with Crippen molar-refractivity contribution in [3.8, 4) is 0 Å². The zero-order valence-corrected chi connectivity index (χ0v) is 9.23. The van der Waals surface area contributed by atoms with Crippen molar-refractivity contribution in [3.63, 3.8) is 0 Å². The predicted octanol–water partition coefficient (Wildman–Crippen LogP) is -0.473. The molecule has 0 spiro atoms. The highest BCUT2D eigenvalue weighted by Crippen LogP contribution is 1.99. The second-order valence-corrected chi connectivity index (χ2v) is 3.20. The number of nitrogens with one attached hydrogen (secondary N) is 2. The summed E-state index contributed by atoms with van der Waals surface area (Å²) in [5.74, 6) is 5.24. The van der Waals surface area contributed by atoms with E-state index in [0.717, 1.165) is 0 Å². The Morgan fingerprint density at radius 3 is 2.81 bits per heavy atom. The summed E-state index contributed by atoms with van der Waals surface area (Å²) < 4.78 is 5.00. The SMILES string of the molecule is COC(C)CNC(=O)c1ccc(NN)nn1. The van der Waals surface area contributed by atoms with Crippen LogP contribution in [0.2, 0.25) is 0 Å². The van der Waals surface area contributed by atoms with E-state index in [4.69, 9.17) is 10.6 Å². The molecule has 0 radical (unpaired) electrons. The molecule has 88 valence electrons. The van der Waals surface area contributed by atoms with Gasteiger partial charge in [0.15, 0.2) is 11.5 Å². The Hall–Kier alpha value is -1.73. The maximum absolute atomic E-state index is 11.5. The molecule has 0 fully saturated rings. The second-order valence-electron chi connectivity index (χ2n) is 3.20. The van der Waals surface area contributed by atoms with Crippen LogP contribution in [0.5, 0.6) is 0 Å². The van der Waals surface area contributed by atoms with Gasteiger partial charge in [-0.1, -0.05) is 0 Å². The van der Waals surface area contributed by atoms with Crippen LogP contribution in [0, 0.1) is 0 Å². The molecule has 16 heavy (non-hydrogen) atoms. The van der Waals surface area contributed by atoms with Crippen molar-refractivity contribution in [2.45, 2.75) is 13.0 Å². The van der Waals surface area contributed by atoms with Crippen LogP contribution in [-0.4, -0.2) is 35.9 Å². The van der Waals surface area contributed by atoms with Crippen molar-refractivity contribution < 1.29 is 9.53 Å². The van der Waals surface area contributed by atoms with Crippen LogP contribution >= 0.6 is 0 Å². The molecule has 0 saturated heterocycles. The minimum Gasteiger partial charge on any atom is -0.380 e. The normalized spacial score (nSPS) is 11.9. The lowest BCUT2D eigenvalue weighted by Crippen LogP contribution is -2.32. The molecule has 0 saturated carbocycles. The number of amides is 1. The third kappa shape index (κ3) is 3.44. The fourth-order valence-corrected chi connectivity index (χ4v) is 0.941. The molecule has 1 aromatic heterocycles. The molecular formula is C9H15N5O2. The van der Waals surface area contributed by atoms with E-state index >= 15 is 0 Å². The lowest BCUT2D eigenvalue weighted by Gasteiger charge is -2.10. The van der Waals surface area contributed by atoms with Crippen LogP contribution in [0.4, 0.5) is 5.82 Å². The van der Waals surface area contributed by atoms with Crippen molar-refractivity contribution in [2.75, 3.05) is 19.1 Å². The summed E-state index contributed by atoms with van der Waals surface area (Å²) in [6.45, 7) is 2.28. The number of nitrogen functional groups attached to an aromatic ring is 1. The van der Waals surface area contributed by atoms with Gasteiger partial charge in [-0.05, 0) is 19.1 Å². The summed E-state index contributed by atoms with van der Waals surface area (Å²) in [4.78, 5) is 11.5. The van der Waals surface area contributed by atoms with Gasteiger partial charge in [0, 0.05) is 13.7 Å². The van der Waals surface area contributed by atoms with Crippen LogP contribution in [0.15, 0.2) is 12.1 Å². The smallest absolute Gasteiger partial charge is 0.271 e. The fraction of sp³-hybridized carbons (Fsp3) is 0.444. The molecule has 7 heteroatoms. The highest BCUT2D eigenvalue weighted by atomic mass is 16.5. The first-order valence-electron chi connectivity index (χ1n) is 4.78. The van der Waals surface area contributed by atoms with Crippen LogP contribution in [0.3, 0.4) is 0 Å². The number of carbonyl (C=O) groups is 1. The van der Waals surface area contributed by atoms with Gasteiger partial charge in [0.2, 0.25) is 0 Å². The van der Waals surface area contributed by atoms with Crippen LogP contribution in [0.25, 0.3) is 0 Å². The van der Waals surface area contributed by atoms with Crippen molar-refractivity contribution >= 4 is 11.7 Å². The Labute approximate surface area is 93.3 Å². The standard InChI is InChI=1S/C9H15N5O2/c1-6(16-2)5-11-9(15)7-3-4-8(12-10)14-13-7/h3-4,6H,5,10H2,1-2H3,(H,11,15)(H,12,14). The van der Waals surface area contributed by atoms with E-state index in [2.05, 4.69) is 20.9 Å². The summed E-state index contributed by atoms with van der Waals surface area (Å²) in [7, 11) is 1.58.